The SMILES string of the molecule is CCN(CCC(=O)O)C(=O)CCc1ccc(F)cc1. The van der Waals surface area contributed by atoms with E-state index in [-0.39, 0.29) is 24.7 Å². The van der Waals surface area contributed by atoms with Gasteiger partial charge < -0.3 is 10.0 Å². The van der Waals surface area contributed by atoms with Crippen LogP contribution >= 0.6 is 0 Å². The lowest BCUT2D eigenvalue weighted by Gasteiger charge is -2.19. The van der Waals surface area contributed by atoms with Gasteiger partial charge in [0.2, 0.25) is 5.91 Å². The quantitative estimate of drug-likeness (QED) is 0.823. The lowest BCUT2D eigenvalue weighted by atomic mass is 10.1. The first-order valence-electron chi connectivity index (χ1n) is 6.27. The maximum absolute atomic E-state index is 12.7. The molecule has 0 atom stereocenters. The van der Waals surface area contributed by atoms with Crippen LogP contribution in [0.3, 0.4) is 0 Å². The molecule has 19 heavy (non-hydrogen) atoms. The van der Waals surface area contributed by atoms with E-state index < -0.39 is 5.97 Å². The Morgan fingerprint density at radius 3 is 2.37 bits per heavy atom. The first kappa shape index (κ1) is 15.1. The lowest BCUT2D eigenvalue weighted by molar-refractivity contribution is -0.138. The monoisotopic (exact) mass is 267 g/mol. The largest absolute Gasteiger partial charge is 0.481 e. The normalized spacial score (nSPS) is 10.2. The third-order valence-electron chi connectivity index (χ3n) is 2.87. The zero-order valence-corrected chi connectivity index (χ0v) is 10.9. The van der Waals surface area contributed by atoms with Gasteiger partial charge in [-0.3, -0.25) is 9.59 Å². The number of amides is 1. The van der Waals surface area contributed by atoms with Crippen LogP contribution in [0.5, 0.6) is 0 Å². The van der Waals surface area contributed by atoms with Crippen molar-refractivity contribution in [2.45, 2.75) is 26.2 Å². The number of rotatable bonds is 7. The average Bonchev–Trinajstić information content (AvgIpc) is 2.38. The van der Waals surface area contributed by atoms with Crippen LogP contribution in [0.1, 0.15) is 25.3 Å². The summed E-state index contributed by atoms with van der Waals surface area (Å²) in [6.07, 6.45) is 0.790. The summed E-state index contributed by atoms with van der Waals surface area (Å²) in [5.41, 5.74) is 0.893. The summed E-state index contributed by atoms with van der Waals surface area (Å²) >= 11 is 0. The summed E-state index contributed by atoms with van der Waals surface area (Å²) in [5.74, 6) is -1.29. The molecule has 0 aliphatic rings. The molecule has 0 aliphatic carbocycles. The predicted molar refractivity (Wildman–Crippen MR) is 69.2 cm³/mol. The van der Waals surface area contributed by atoms with E-state index in [4.69, 9.17) is 5.11 Å². The van der Waals surface area contributed by atoms with E-state index in [1.54, 1.807) is 12.1 Å². The molecule has 1 amide bonds. The first-order chi connectivity index (χ1) is 9.02. The topological polar surface area (TPSA) is 57.6 Å². The summed E-state index contributed by atoms with van der Waals surface area (Å²) in [6.45, 7) is 2.54. The van der Waals surface area contributed by atoms with Crippen LogP contribution < -0.4 is 0 Å². The molecule has 0 aliphatic heterocycles. The Kier molecular flexibility index (Phi) is 5.99. The molecule has 1 rings (SSSR count). The fourth-order valence-corrected chi connectivity index (χ4v) is 1.75. The van der Waals surface area contributed by atoms with Crippen molar-refractivity contribution in [3.8, 4) is 0 Å². The lowest BCUT2D eigenvalue weighted by Crippen LogP contribution is -2.32. The van der Waals surface area contributed by atoms with Gasteiger partial charge in [-0.2, -0.15) is 0 Å². The molecule has 0 spiro atoms. The minimum Gasteiger partial charge on any atom is -0.481 e. The molecular formula is C14H18FNO3. The molecule has 1 N–H and O–H groups in total. The van der Waals surface area contributed by atoms with Gasteiger partial charge in [0.15, 0.2) is 0 Å². The van der Waals surface area contributed by atoms with Crippen molar-refractivity contribution in [3.05, 3.63) is 35.6 Å². The third-order valence-corrected chi connectivity index (χ3v) is 2.87. The second-order valence-electron chi connectivity index (χ2n) is 4.24. The number of nitrogens with zero attached hydrogens (tertiary/aromatic N) is 1. The highest BCUT2D eigenvalue weighted by Gasteiger charge is 2.12. The van der Waals surface area contributed by atoms with Crippen LogP contribution in [0.25, 0.3) is 0 Å². The van der Waals surface area contributed by atoms with Crippen molar-refractivity contribution in [1.29, 1.82) is 0 Å². The van der Waals surface area contributed by atoms with Crippen LogP contribution in [0.4, 0.5) is 4.39 Å². The number of carbonyl (C=O) groups excluding carboxylic acids is 1. The van der Waals surface area contributed by atoms with Gasteiger partial charge in [0.25, 0.3) is 0 Å². The summed E-state index contributed by atoms with van der Waals surface area (Å²) in [5, 5.41) is 8.60. The molecule has 0 aromatic heterocycles. The van der Waals surface area contributed by atoms with Crippen LogP contribution in [0, 0.1) is 5.82 Å². The second-order valence-corrected chi connectivity index (χ2v) is 4.24. The minimum absolute atomic E-state index is 0.0455. The summed E-state index contributed by atoms with van der Waals surface area (Å²) in [4.78, 5) is 23.9. The summed E-state index contributed by atoms with van der Waals surface area (Å²) in [6, 6.07) is 6.02. The van der Waals surface area contributed by atoms with E-state index in [9.17, 15) is 14.0 Å². The van der Waals surface area contributed by atoms with Crippen LogP contribution in [0.15, 0.2) is 24.3 Å². The summed E-state index contributed by atoms with van der Waals surface area (Å²) < 4.78 is 12.7. The standard InChI is InChI=1S/C14H18FNO3/c1-2-16(10-9-14(18)19)13(17)8-5-11-3-6-12(15)7-4-11/h3-4,6-7H,2,5,8-10H2,1H3,(H,18,19). The molecule has 0 saturated carbocycles. The predicted octanol–water partition coefficient (Wildman–Crippen LogP) is 2.08. The number of halogens is 1. The molecule has 0 radical (unpaired) electrons. The van der Waals surface area contributed by atoms with E-state index in [0.29, 0.717) is 19.4 Å². The van der Waals surface area contributed by atoms with E-state index in [1.165, 1.54) is 17.0 Å². The second kappa shape index (κ2) is 7.51. The van der Waals surface area contributed by atoms with Crippen molar-refractivity contribution in [2.75, 3.05) is 13.1 Å². The zero-order chi connectivity index (χ0) is 14.3. The Hall–Kier alpha value is -1.91. The van der Waals surface area contributed by atoms with Crippen molar-refractivity contribution in [3.63, 3.8) is 0 Å². The van der Waals surface area contributed by atoms with Gasteiger partial charge >= 0.3 is 5.97 Å². The van der Waals surface area contributed by atoms with Gasteiger partial charge in [-0.25, -0.2) is 4.39 Å². The van der Waals surface area contributed by atoms with Crippen molar-refractivity contribution in [1.82, 2.24) is 4.90 Å². The van der Waals surface area contributed by atoms with Gasteiger partial charge in [-0.05, 0) is 31.0 Å². The Bertz CT molecular complexity index is 431. The molecule has 0 unspecified atom stereocenters. The molecule has 1 aromatic carbocycles. The Morgan fingerprint density at radius 1 is 1.21 bits per heavy atom. The smallest absolute Gasteiger partial charge is 0.305 e. The highest BCUT2D eigenvalue weighted by atomic mass is 19.1. The Labute approximate surface area is 111 Å². The average molecular weight is 267 g/mol. The van der Waals surface area contributed by atoms with Crippen molar-refractivity contribution < 1.29 is 19.1 Å². The molecule has 1 aromatic rings. The van der Waals surface area contributed by atoms with E-state index in [2.05, 4.69) is 0 Å². The number of benzene rings is 1. The fraction of sp³-hybridized carbons (Fsp3) is 0.429. The number of hydrogen-bond acceptors (Lipinski definition) is 2. The molecule has 0 fully saturated rings. The van der Waals surface area contributed by atoms with E-state index in [0.717, 1.165) is 5.56 Å². The van der Waals surface area contributed by atoms with Crippen LogP contribution in [-0.4, -0.2) is 35.0 Å². The third kappa shape index (κ3) is 5.50. The molecule has 0 saturated heterocycles. The van der Waals surface area contributed by atoms with Gasteiger partial charge in [-0.1, -0.05) is 12.1 Å². The molecule has 104 valence electrons. The molecule has 0 bridgehead atoms. The van der Waals surface area contributed by atoms with Gasteiger partial charge in [0, 0.05) is 19.5 Å². The Morgan fingerprint density at radius 2 is 1.84 bits per heavy atom. The number of carboxylic acids is 1. The van der Waals surface area contributed by atoms with Crippen LogP contribution in [0.2, 0.25) is 0 Å². The fourth-order valence-electron chi connectivity index (χ4n) is 1.75. The molecule has 0 heterocycles. The van der Waals surface area contributed by atoms with Crippen LogP contribution in [-0.2, 0) is 16.0 Å². The van der Waals surface area contributed by atoms with Gasteiger partial charge in [0.05, 0.1) is 6.42 Å². The van der Waals surface area contributed by atoms with Crippen molar-refractivity contribution >= 4 is 11.9 Å². The molecule has 4 nitrogen and oxygen atoms in total. The highest BCUT2D eigenvalue weighted by molar-refractivity contribution is 5.77. The number of hydrogen-bond donors (Lipinski definition) is 1. The number of aliphatic carboxylic acids is 1. The van der Waals surface area contributed by atoms with E-state index >= 15 is 0 Å². The number of carbonyl (C=O) groups is 2. The number of aryl methyl sites for hydroxylation is 1. The van der Waals surface area contributed by atoms with Crippen molar-refractivity contribution in [2.24, 2.45) is 0 Å². The zero-order valence-electron chi connectivity index (χ0n) is 10.9. The highest BCUT2D eigenvalue weighted by Crippen LogP contribution is 2.07. The Balaban J connectivity index is 2.44. The van der Waals surface area contributed by atoms with E-state index in [1.807, 2.05) is 6.92 Å². The summed E-state index contributed by atoms with van der Waals surface area (Å²) in [7, 11) is 0. The molecule has 5 heteroatoms. The van der Waals surface area contributed by atoms with Gasteiger partial charge in [0.1, 0.15) is 5.82 Å². The number of carboxylic acid groups (broad SMARTS) is 1. The van der Waals surface area contributed by atoms with Gasteiger partial charge in [-0.15, -0.1) is 0 Å². The maximum Gasteiger partial charge on any atom is 0.305 e. The molecular weight excluding hydrogens is 249 g/mol. The minimum atomic E-state index is -0.912. The maximum atomic E-state index is 12.7. The first-order valence-corrected chi connectivity index (χ1v) is 6.27.